The molecule has 0 radical (unpaired) electrons. The normalized spacial score (nSPS) is 34.9. The van der Waals surface area contributed by atoms with Crippen molar-refractivity contribution in [3.8, 4) is 0 Å². The molecular weight excluding hydrogens is 526 g/mol. The van der Waals surface area contributed by atoms with Crippen molar-refractivity contribution in [1.29, 1.82) is 0 Å². The van der Waals surface area contributed by atoms with Crippen molar-refractivity contribution in [3.05, 3.63) is 46.5 Å². The number of carbonyl (C=O) groups is 1. The number of hydrogen-bond donors (Lipinski definition) is 0. The van der Waals surface area contributed by atoms with E-state index in [1.54, 1.807) is 5.57 Å². The van der Waals surface area contributed by atoms with Gasteiger partial charge in [0.2, 0.25) is 0 Å². The van der Waals surface area contributed by atoms with Gasteiger partial charge in [0.05, 0.1) is 0 Å². The number of halogens is 1. The zero-order valence-electron chi connectivity index (χ0n) is 23.5. The number of nitrogens with zero attached hydrogens (tertiary/aromatic N) is 1. The molecule has 2 aliphatic carbocycles. The van der Waals surface area contributed by atoms with Crippen molar-refractivity contribution < 1.29 is 9.22 Å². The lowest BCUT2D eigenvalue weighted by molar-refractivity contribution is -0.142. The van der Waals surface area contributed by atoms with Gasteiger partial charge in [-0.25, -0.2) is 0 Å². The number of allylic oxidation sites excluding steroid dienone is 1. The van der Waals surface area contributed by atoms with Gasteiger partial charge in [-0.05, 0) is 105 Å². The van der Waals surface area contributed by atoms with E-state index in [1.165, 1.54) is 37.7 Å². The first-order valence-electron chi connectivity index (χ1n) is 14.4. The quantitative estimate of drug-likeness (QED) is 0.278. The van der Waals surface area contributed by atoms with Gasteiger partial charge in [-0.15, -0.1) is 0 Å². The zero-order valence-corrected chi connectivity index (χ0v) is 26.1. The van der Waals surface area contributed by atoms with Crippen LogP contribution in [0, 0.1) is 23.2 Å². The Morgan fingerprint density at radius 1 is 1.22 bits per heavy atom. The van der Waals surface area contributed by atoms with Gasteiger partial charge in [-0.3, -0.25) is 4.79 Å². The summed E-state index contributed by atoms with van der Waals surface area (Å²) < 4.78 is 6.74. The number of fused-ring (bicyclic) bond motifs is 1. The van der Waals surface area contributed by atoms with E-state index in [4.69, 9.17) is 4.43 Å². The summed E-state index contributed by atoms with van der Waals surface area (Å²) in [7, 11) is -1.87. The van der Waals surface area contributed by atoms with E-state index in [0.717, 1.165) is 44.1 Å². The van der Waals surface area contributed by atoms with Crippen LogP contribution in [0.5, 0.6) is 0 Å². The van der Waals surface area contributed by atoms with Gasteiger partial charge in [-0.2, -0.15) is 0 Å². The fourth-order valence-corrected chi connectivity index (χ4v) is 10.2. The van der Waals surface area contributed by atoms with Crippen LogP contribution < -0.4 is 0 Å². The molecule has 1 amide bonds. The maximum atomic E-state index is 14.1. The topological polar surface area (TPSA) is 29.5 Å². The molecular formula is C31H48BrNO2Si. The minimum Gasteiger partial charge on any atom is -0.403 e. The molecule has 3 fully saturated rings. The second kappa shape index (κ2) is 11.1. The number of likely N-dealkylation sites (tertiary alicyclic amines) is 1. The van der Waals surface area contributed by atoms with Gasteiger partial charge < -0.3 is 9.33 Å². The fraction of sp³-hybridized carbons (Fsp3) is 0.710. The highest BCUT2D eigenvalue weighted by Crippen LogP contribution is 2.60. The van der Waals surface area contributed by atoms with Crippen molar-refractivity contribution in [2.45, 2.75) is 110 Å². The molecule has 2 unspecified atom stereocenters. The standard InChI is InChI=1S/C31H48BrNO2Si/c1-7-31(35-36(4,5)6)21-26(33(29(31)34)19-17-24-12-9-8-10-13-24)20-23(2)27-15-16-28-25(22-32)14-11-18-30(27,28)3/h8-10,12-13,22-23,26-28H,7,11,14-21H2,1-6H3/b25-22+/t23-,26?,27-,28+,30-,31?/m1/s1. The molecule has 1 aromatic carbocycles. The van der Waals surface area contributed by atoms with E-state index in [2.05, 4.69) is 96.6 Å². The molecule has 36 heavy (non-hydrogen) atoms. The van der Waals surface area contributed by atoms with E-state index in [9.17, 15) is 4.79 Å². The number of hydrogen-bond acceptors (Lipinski definition) is 2. The van der Waals surface area contributed by atoms with Gasteiger partial charge in [0, 0.05) is 19.0 Å². The second-order valence-electron chi connectivity index (χ2n) is 13.1. The van der Waals surface area contributed by atoms with Crippen LogP contribution in [0.2, 0.25) is 19.6 Å². The number of rotatable bonds is 9. The third kappa shape index (κ3) is 5.59. The largest absolute Gasteiger partial charge is 0.403 e. The minimum absolute atomic E-state index is 0.248. The van der Waals surface area contributed by atoms with E-state index in [0.29, 0.717) is 11.3 Å². The van der Waals surface area contributed by atoms with Crippen LogP contribution in [0.4, 0.5) is 0 Å². The maximum Gasteiger partial charge on any atom is 0.253 e. The Kier molecular flexibility index (Phi) is 8.63. The van der Waals surface area contributed by atoms with Crippen LogP contribution in [0.1, 0.15) is 77.7 Å². The predicted octanol–water partition coefficient (Wildman–Crippen LogP) is 8.35. The van der Waals surface area contributed by atoms with Gasteiger partial charge in [-0.1, -0.05) is 72.6 Å². The molecule has 4 rings (SSSR count). The van der Waals surface area contributed by atoms with Gasteiger partial charge in [0.15, 0.2) is 8.32 Å². The van der Waals surface area contributed by atoms with Gasteiger partial charge in [0.1, 0.15) is 5.60 Å². The molecule has 1 saturated heterocycles. The molecule has 1 aromatic rings. The third-order valence-electron chi connectivity index (χ3n) is 9.72. The molecule has 200 valence electrons. The molecule has 3 nitrogen and oxygen atoms in total. The summed E-state index contributed by atoms with van der Waals surface area (Å²) >= 11 is 3.68. The minimum atomic E-state index is -1.87. The molecule has 0 spiro atoms. The van der Waals surface area contributed by atoms with Gasteiger partial charge in [0.25, 0.3) is 5.91 Å². The van der Waals surface area contributed by atoms with E-state index >= 15 is 0 Å². The lowest BCUT2D eigenvalue weighted by atomic mass is 9.61. The maximum absolute atomic E-state index is 14.1. The Hall–Kier alpha value is -0.913. The molecule has 0 N–H and O–H groups in total. The molecule has 2 saturated carbocycles. The number of benzene rings is 1. The molecule has 6 atom stereocenters. The Morgan fingerprint density at radius 3 is 2.58 bits per heavy atom. The summed E-state index contributed by atoms with van der Waals surface area (Å²) in [6, 6.07) is 10.9. The van der Waals surface area contributed by atoms with Crippen molar-refractivity contribution >= 4 is 30.2 Å². The molecule has 0 aromatic heterocycles. The summed E-state index contributed by atoms with van der Waals surface area (Å²) in [5, 5.41) is 0. The van der Waals surface area contributed by atoms with Crippen molar-refractivity contribution in [3.63, 3.8) is 0 Å². The summed E-state index contributed by atoms with van der Waals surface area (Å²) in [6.07, 6.45) is 10.2. The lowest BCUT2D eigenvalue weighted by Gasteiger charge is -2.45. The van der Waals surface area contributed by atoms with Crippen LogP contribution in [0.15, 0.2) is 40.9 Å². The summed E-state index contributed by atoms with van der Waals surface area (Å²) in [6.45, 7) is 14.7. The molecule has 5 heteroatoms. The summed E-state index contributed by atoms with van der Waals surface area (Å²) in [4.78, 5) is 18.5. The van der Waals surface area contributed by atoms with Crippen LogP contribution in [-0.2, 0) is 15.6 Å². The SMILES string of the molecule is CCC1(O[Si](C)(C)C)CC(C[C@@H](C)[C@H]2CC[C@H]3/C(=C/Br)CCC[C@]23C)N(CCc2ccccc2)C1=O. The Balaban J connectivity index is 1.55. The monoisotopic (exact) mass is 573 g/mol. The first-order valence-corrected chi connectivity index (χ1v) is 18.7. The molecule has 1 aliphatic heterocycles. The smallest absolute Gasteiger partial charge is 0.253 e. The molecule has 3 aliphatic rings. The van der Waals surface area contributed by atoms with E-state index in [1.807, 2.05) is 0 Å². The molecule has 0 bridgehead atoms. The second-order valence-corrected chi connectivity index (χ2v) is 18.0. The van der Waals surface area contributed by atoms with Crippen LogP contribution in [0.25, 0.3) is 0 Å². The zero-order chi connectivity index (χ0) is 26.1. The van der Waals surface area contributed by atoms with Crippen molar-refractivity contribution in [2.24, 2.45) is 23.2 Å². The van der Waals surface area contributed by atoms with Gasteiger partial charge >= 0.3 is 0 Å². The average molecular weight is 575 g/mol. The van der Waals surface area contributed by atoms with Crippen molar-refractivity contribution in [2.75, 3.05) is 6.54 Å². The first kappa shape index (κ1) is 28.1. The summed E-state index contributed by atoms with van der Waals surface area (Å²) in [5.41, 5.74) is 2.70. The van der Waals surface area contributed by atoms with Crippen molar-refractivity contribution in [1.82, 2.24) is 4.90 Å². The average Bonchev–Trinajstić information content (AvgIpc) is 3.31. The lowest BCUT2D eigenvalue weighted by Crippen LogP contribution is -2.48. The van der Waals surface area contributed by atoms with Crippen LogP contribution in [-0.4, -0.2) is 37.3 Å². The third-order valence-corrected chi connectivity index (χ3v) is 11.3. The number of carbonyl (C=O) groups excluding carboxylic acids is 1. The highest BCUT2D eigenvalue weighted by Gasteiger charge is 2.55. The molecule has 1 heterocycles. The highest BCUT2D eigenvalue weighted by atomic mass is 79.9. The van der Waals surface area contributed by atoms with E-state index in [-0.39, 0.29) is 11.9 Å². The highest BCUT2D eigenvalue weighted by molar-refractivity contribution is 9.11. The summed E-state index contributed by atoms with van der Waals surface area (Å²) in [5.74, 6) is 2.30. The fourth-order valence-electron chi connectivity index (χ4n) is 8.17. The van der Waals surface area contributed by atoms with Crippen LogP contribution in [0.3, 0.4) is 0 Å². The predicted molar refractivity (Wildman–Crippen MR) is 157 cm³/mol. The van der Waals surface area contributed by atoms with E-state index < -0.39 is 13.9 Å². The Morgan fingerprint density at radius 2 is 1.94 bits per heavy atom. The Labute approximate surface area is 229 Å². The first-order chi connectivity index (χ1) is 17.0. The number of amides is 1. The van der Waals surface area contributed by atoms with Crippen LogP contribution >= 0.6 is 15.9 Å². The Bertz CT molecular complexity index is 944.